The molecule has 0 aromatic carbocycles. The smallest absolute Gasteiger partial charge is 0.192 e. The number of epoxide rings is 1. The summed E-state index contributed by atoms with van der Waals surface area (Å²) in [5, 5.41) is 12.3. The zero-order valence-electron chi connectivity index (χ0n) is 20.7. The van der Waals surface area contributed by atoms with E-state index in [0.717, 1.165) is 43.4 Å². The molecule has 0 bridgehead atoms. The molecule has 1 unspecified atom stereocenters. The van der Waals surface area contributed by atoms with Gasteiger partial charge in [0.15, 0.2) is 8.32 Å². The summed E-state index contributed by atoms with van der Waals surface area (Å²) in [6.07, 6.45) is 5.73. The van der Waals surface area contributed by atoms with Crippen molar-refractivity contribution in [2.24, 2.45) is 11.8 Å². The minimum atomic E-state index is -1.76. The SMILES string of the molecule is CC[Si](CC)(CC)O[C@@H]1C=C(C)CC[C@@H]1C(O)(C[Si](C)(C)C)[C@@H]1O[C@@H]1CC(C)C. The molecular formula is C24H48O3Si2. The van der Waals surface area contributed by atoms with Gasteiger partial charge in [-0.15, -0.1) is 0 Å². The number of rotatable bonds is 11. The molecule has 0 amide bonds. The Labute approximate surface area is 182 Å². The number of hydrogen-bond donors (Lipinski definition) is 1. The first kappa shape index (κ1) is 25.3. The first-order valence-electron chi connectivity index (χ1n) is 12.1. The third-order valence-electron chi connectivity index (χ3n) is 7.25. The van der Waals surface area contributed by atoms with Gasteiger partial charge in [-0.25, -0.2) is 0 Å². The Kier molecular flexibility index (Phi) is 8.45. The lowest BCUT2D eigenvalue weighted by atomic mass is 9.74. The molecule has 0 aromatic heterocycles. The third-order valence-corrected chi connectivity index (χ3v) is 13.5. The molecule has 29 heavy (non-hydrogen) atoms. The van der Waals surface area contributed by atoms with Crippen LogP contribution in [0, 0.1) is 11.8 Å². The monoisotopic (exact) mass is 440 g/mol. The molecule has 1 aliphatic heterocycles. The Hall–Kier alpha value is 0.0538. The van der Waals surface area contributed by atoms with Crippen molar-refractivity contribution in [3.63, 3.8) is 0 Å². The van der Waals surface area contributed by atoms with E-state index in [2.05, 4.69) is 67.3 Å². The number of ether oxygens (including phenoxy) is 1. The average molecular weight is 441 g/mol. The molecule has 5 atom stereocenters. The van der Waals surface area contributed by atoms with Crippen LogP contribution in [-0.2, 0) is 9.16 Å². The predicted octanol–water partition coefficient (Wildman–Crippen LogP) is 6.62. The highest BCUT2D eigenvalue weighted by atomic mass is 28.4. The van der Waals surface area contributed by atoms with E-state index in [1.54, 1.807) is 0 Å². The zero-order valence-corrected chi connectivity index (χ0v) is 22.7. The quantitative estimate of drug-likeness (QED) is 0.223. The second-order valence-corrected chi connectivity index (χ2v) is 21.6. The van der Waals surface area contributed by atoms with Gasteiger partial charge in [0.2, 0.25) is 0 Å². The van der Waals surface area contributed by atoms with Gasteiger partial charge >= 0.3 is 0 Å². The van der Waals surface area contributed by atoms with Crippen LogP contribution in [0.4, 0.5) is 0 Å². The van der Waals surface area contributed by atoms with Gasteiger partial charge in [-0.3, -0.25) is 0 Å². The van der Waals surface area contributed by atoms with E-state index in [9.17, 15) is 5.11 Å². The van der Waals surface area contributed by atoms with Crippen LogP contribution in [0.25, 0.3) is 0 Å². The van der Waals surface area contributed by atoms with Gasteiger partial charge in [0.05, 0.1) is 17.8 Å². The van der Waals surface area contributed by atoms with Gasteiger partial charge in [-0.1, -0.05) is 65.9 Å². The average Bonchev–Trinajstić information content (AvgIpc) is 3.37. The summed E-state index contributed by atoms with van der Waals surface area (Å²) in [7, 11) is -3.25. The second kappa shape index (κ2) is 9.68. The number of allylic oxidation sites excluding steroid dienone is 1. The van der Waals surface area contributed by atoms with E-state index in [1.165, 1.54) is 5.57 Å². The highest BCUT2D eigenvalue weighted by Gasteiger charge is 2.60. The van der Waals surface area contributed by atoms with Crippen molar-refractivity contribution in [3.8, 4) is 0 Å². The standard InChI is InChI=1S/C24H48O3Si2/c1-10-29(11-2,12-3)27-21-16-19(6)13-14-20(21)24(25,17-28(7,8)9)23-22(26-23)15-18(4)5/h16,18,20-23,25H,10-15,17H2,1-9H3/t20-,21+,22+,23+,24?/m0/s1. The molecule has 0 spiro atoms. The van der Waals surface area contributed by atoms with Crippen molar-refractivity contribution in [2.75, 3.05) is 0 Å². The number of aliphatic hydroxyl groups is 1. The van der Waals surface area contributed by atoms with Crippen LogP contribution in [0.1, 0.15) is 60.8 Å². The predicted molar refractivity (Wildman–Crippen MR) is 130 cm³/mol. The zero-order chi connectivity index (χ0) is 22.0. The molecule has 0 radical (unpaired) electrons. The van der Waals surface area contributed by atoms with Crippen molar-refractivity contribution in [1.29, 1.82) is 0 Å². The molecule has 3 nitrogen and oxygen atoms in total. The fourth-order valence-electron chi connectivity index (χ4n) is 5.49. The van der Waals surface area contributed by atoms with Crippen LogP contribution < -0.4 is 0 Å². The minimum absolute atomic E-state index is 0.0134. The molecule has 1 aliphatic carbocycles. The minimum Gasteiger partial charge on any atom is -0.410 e. The van der Waals surface area contributed by atoms with E-state index in [0.29, 0.717) is 5.92 Å². The van der Waals surface area contributed by atoms with Crippen molar-refractivity contribution in [1.82, 2.24) is 0 Å². The lowest BCUT2D eigenvalue weighted by Crippen LogP contribution is -2.56. The van der Waals surface area contributed by atoms with Crippen molar-refractivity contribution in [2.45, 2.75) is 129 Å². The molecule has 1 fully saturated rings. The largest absolute Gasteiger partial charge is 0.410 e. The summed E-state index contributed by atoms with van der Waals surface area (Å²) < 4.78 is 13.2. The summed E-state index contributed by atoms with van der Waals surface area (Å²) in [5.41, 5.74) is 0.657. The van der Waals surface area contributed by atoms with Gasteiger partial charge in [0.25, 0.3) is 0 Å². The molecule has 0 saturated carbocycles. The Morgan fingerprint density at radius 2 is 1.76 bits per heavy atom. The summed E-state index contributed by atoms with van der Waals surface area (Å²) >= 11 is 0. The normalized spacial score (nSPS) is 30.2. The molecule has 1 saturated heterocycles. The molecule has 170 valence electrons. The highest BCUT2D eigenvalue weighted by molar-refractivity contribution is 6.76. The van der Waals surface area contributed by atoms with E-state index in [-0.39, 0.29) is 24.2 Å². The maximum absolute atomic E-state index is 12.3. The Bertz CT molecular complexity index is 557. The number of hydrogen-bond acceptors (Lipinski definition) is 3. The van der Waals surface area contributed by atoms with Crippen molar-refractivity contribution in [3.05, 3.63) is 11.6 Å². The van der Waals surface area contributed by atoms with E-state index < -0.39 is 22.0 Å². The van der Waals surface area contributed by atoms with Crippen LogP contribution in [-0.4, -0.2) is 45.4 Å². The lowest BCUT2D eigenvalue weighted by Gasteiger charge is -2.46. The maximum atomic E-state index is 12.3. The molecule has 2 aliphatic rings. The molecule has 2 rings (SSSR count). The fourth-order valence-corrected chi connectivity index (χ4v) is 10.5. The summed E-state index contributed by atoms with van der Waals surface area (Å²) in [4.78, 5) is 0. The third kappa shape index (κ3) is 6.28. The van der Waals surface area contributed by atoms with E-state index in [4.69, 9.17) is 9.16 Å². The first-order valence-corrected chi connectivity index (χ1v) is 18.4. The van der Waals surface area contributed by atoms with Crippen LogP contribution in [0.15, 0.2) is 11.6 Å². The fraction of sp³-hybridized carbons (Fsp3) is 0.917. The summed E-state index contributed by atoms with van der Waals surface area (Å²) in [5.74, 6) is 0.749. The van der Waals surface area contributed by atoms with E-state index in [1.807, 2.05) is 0 Å². The molecule has 0 aromatic rings. The first-order chi connectivity index (χ1) is 13.4. The Morgan fingerprint density at radius 1 is 1.17 bits per heavy atom. The Balaban J connectivity index is 2.36. The van der Waals surface area contributed by atoms with Crippen LogP contribution >= 0.6 is 0 Å². The topological polar surface area (TPSA) is 42.0 Å². The van der Waals surface area contributed by atoms with Crippen LogP contribution in [0.3, 0.4) is 0 Å². The van der Waals surface area contributed by atoms with Crippen LogP contribution in [0.5, 0.6) is 0 Å². The lowest BCUT2D eigenvalue weighted by molar-refractivity contribution is -0.0658. The van der Waals surface area contributed by atoms with Gasteiger partial charge in [-0.05, 0) is 56.3 Å². The van der Waals surface area contributed by atoms with Gasteiger partial charge in [0, 0.05) is 14.0 Å². The second-order valence-electron chi connectivity index (χ2n) is 11.4. The molecular weight excluding hydrogens is 392 g/mol. The van der Waals surface area contributed by atoms with Gasteiger partial charge in [0.1, 0.15) is 6.10 Å². The van der Waals surface area contributed by atoms with Crippen molar-refractivity contribution >= 4 is 16.4 Å². The van der Waals surface area contributed by atoms with Crippen molar-refractivity contribution < 1.29 is 14.3 Å². The van der Waals surface area contributed by atoms with Crippen LogP contribution in [0.2, 0.25) is 43.8 Å². The van der Waals surface area contributed by atoms with Gasteiger partial charge < -0.3 is 14.3 Å². The molecule has 5 heteroatoms. The summed E-state index contributed by atoms with van der Waals surface area (Å²) in [6, 6.07) is 4.35. The Morgan fingerprint density at radius 3 is 2.24 bits per heavy atom. The highest BCUT2D eigenvalue weighted by Crippen LogP contribution is 2.49. The maximum Gasteiger partial charge on any atom is 0.192 e. The van der Waals surface area contributed by atoms with Gasteiger partial charge in [-0.2, -0.15) is 0 Å². The van der Waals surface area contributed by atoms with E-state index >= 15 is 0 Å². The molecule has 1 heterocycles. The summed E-state index contributed by atoms with van der Waals surface area (Å²) in [6.45, 7) is 20.7. The molecule has 1 N–H and O–H groups in total.